The van der Waals surface area contributed by atoms with Gasteiger partial charge in [0.1, 0.15) is 0 Å². The van der Waals surface area contributed by atoms with E-state index in [1.165, 1.54) is 23.1 Å². The van der Waals surface area contributed by atoms with Gasteiger partial charge in [0.15, 0.2) is 8.68 Å². The normalized spacial score (nSPS) is 10.6. The van der Waals surface area contributed by atoms with E-state index in [9.17, 15) is 4.79 Å². The maximum Gasteiger partial charge on any atom is 0.234 e. The monoisotopic (exact) mass is 387 g/mol. The third kappa shape index (κ3) is 5.07. The van der Waals surface area contributed by atoms with Gasteiger partial charge in [0.25, 0.3) is 0 Å². The molecule has 3 rings (SSSR count). The van der Waals surface area contributed by atoms with E-state index < -0.39 is 0 Å². The van der Waals surface area contributed by atoms with Crippen LogP contribution in [0, 0.1) is 0 Å². The first-order valence-corrected chi connectivity index (χ1v) is 10.6. The number of nitrogens with one attached hydrogen (secondary N) is 1. The highest BCUT2D eigenvalue weighted by Gasteiger charge is 2.11. The van der Waals surface area contributed by atoms with Crippen LogP contribution in [0.25, 0.3) is 11.1 Å². The number of nitrogens with zero attached hydrogens (tertiary/aromatic N) is 2. The Kier molecular flexibility index (Phi) is 6.49. The van der Waals surface area contributed by atoms with Crippen molar-refractivity contribution >= 4 is 46.5 Å². The lowest BCUT2D eigenvalue weighted by molar-refractivity contribution is -0.113. The number of benzene rings is 2. The Morgan fingerprint density at radius 1 is 1.00 bits per heavy atom. The quantitative estimate of drug-likeness (QED) is 0.575. The largest absolute Gasteiger partial charge is 0.325 e. The Morgan fingerprint density at radius 3 is 2.44 bits per heavy atom. The minimum absolute atomic E-state index is 0.0479. The lowest BCUT2D eigenvalue weighted by Gasteiger charge is -2.10. The van der Waals surface area contributed by atoms with Gasteiger partial charge in [0.2, 0.25) is 5.91 Å². The zero-order valence-electron chi connectivity index (χ0n) is 13.6. The minimum atomic E-state index is -0.0479. The minimum Gasteiger partial charge on any atom is -0.325 e. The van der Waals surface area contributed by atoms with Crippen LogP contribution in [-0.4, -0.2) is 27.6 Å². The number of hydrogen-bond donors (Lipinski definition) is 1. The summed E-state index contributed by atoms with van der Waals surface area (Å²) in [6.07, 6.45) is 0. The van der Waals surface area contributed by atoms with Gasteiger partial charge in [0, 0.05) is 11.3 Å². The average Bonchev–Trinajstić information content (AvgIpc) is 3.09. The molecule has 25 heavy (non-hydrogen) atoms. The molecular weight excluding hydrogens is 370 g/mol. The van der Waals surface area contributed by atoms with Crippen molar-refractivity contribution in [3.63, 3.8) is 0 Å². The fourth-order valence-electron chi connectivity index (χ4n) is 2.21. The molecule has 0 aliphatic rings. The molecular formula is C18H17N3OS3. The summed E-state index contributed by atoms with van der Waals surface area (Å²) in [7, 11) is 0. The molecule has 0 saturated heterocycles. The van der Waals surface area contributed by atoms with Crippen molar-refractivity contribution in [2.45, 2.75) is 15.6 Å². The molecule has 0 saturated carbocycles. The van der Waals surface area contributed by atoms with Gasteiger partial charge in [-0.25, -0.2) is 0 Å². The summed E-state index contributed by atoms with van der Waals surface area (Å²) < 4.78 is 1.77. The summed E-state index contributed by atoms with van der Waals surface area (Å²) in [4.78, 5) is 12.3. The van der Waals surface area contributed by atoms with Crippen molar-refractivity contribution < 1.29 is 4.79 Å². The van der Waals surface area contributed by atoms with Crippen LogP contribution in [0.5, 0.6) is 0 Å². The Labute approximate surface area is 159 Å². The number of amides is 1. The maximum absolute atomic E-state index is 12.3. The van der Waals surface area contributed by atoms with Crippen LogP contribution in [0.2, 0.25) is 0 Å². The molecule has 0 aliphatic carbocycles. The van der Waals surface area contributed by atoms with E-state index in [2.05, 4.69) is 22.4 Å². The molecule has 0 fully saturated rings. The first kappa shape index (κ1) is 18.0. The molecule has 0 radical (unpaired) electrons. The molecule has 0 aliphatic heterocycles. The van der Waals surface area contributed by atoms with Crippen molar-refractivity contribution in [3.8, 4) is 11.1 Å². The third-order valence-electron chi connectivity index (χ3n) is 3.27. The standard InChI is InChI=1S/C18H17N3OS3/c1-2-23-17-20-21-18(25-17)24-12-16(22)19-15-11-7-6-10-14(15)13-8-4-3-5-9-13/h3-11H,2,12H2,1H3,(H,19,22). The lowest BCUT2D eigenvalue weighted by atomic mass is 10.0. The van der Waals surface area contributed by atoms with Gasteiger partial charge in [-0.3, -0.25) is 4.79 Å². The molecule has 1 heterocycles. The number of carbonyl (C=O) groups is 1. The Hall–Kier alpha value is -1.83. The van der Waals surface area contributed by atoms with Crippen LogP contribution in [0.4, 0.5) is 5.69 Å². The number of aromatic nitrogens is 2. The van der Waals surface area contributed by atoms with E-state index in [0.717, 1.165) is 31.2 Å². The number of rotatable bonds is 7. The number of anilines is 1. The molecule has 0 bridgehead atoms. The summed E-state index contributed by atoms with van der Waals surface area (Å²) in [5.41, 5.74) is 2.91. The van der Waals surface area contributed by atoms with Crippen molar-refractivity contribution in [2.24, 2.45) is 0 Å². The van der Waals surface area contributed by atoms with Crippen molar-refractivity contribution in [2.75, 3.05) is 16.8 Å². The first-order valence-electron chi connectivity index (χ1n) is 7.79. The molecule has 3 aromatic rings. The van der Waals surface area contributed by atoms with E-state index >= 15 is 0 Å². The average molecular weight is 388 g/mol. The fourth-order valence-corrected chi connectivity index (χ4v) is 4.93. The van der Waals surface area contributed by atoms with Crippen molar-refractivity contribution in [1.29, 1.82) is 0 Å². The van der Waals surface area contributed by atoms with E-state index in [1.807, 2.05) is 54.6 Å². The van der Waals surface area contributed by atoms with Crippen LogP contribution >= 0.6 is 34.9 Å². The van der Waals surface area contributed by atoms with E-state index in [1.54, 1.807) is 11.8 Å². The summed E-state index contributed by atoms with van der Waals surface area (Å²) in [6.45, 7) is 2.08. The Balaban J connectivity index is 1.63. The van der Waals surface area contributed by atoms with Crippen LogP contribution in [0.3, 0.4) is 0 Å². The van der Waals surface area contributed by atoms with Gasteiger partial charge in [-0.1, -0.05) is 90.3 Å². The second kappa shape index (κ2) is 9.03. The summed E-state index contributed by atoms with van der Waals surface area (Å²) >= 11 is 4.61. The van der Waals surface area contributed by atoms with Gasteiger partial charge >= 0.3 is 0 Å². The highest BCUT2D eigenvalue weighted by Crippen LogP contribution is 2.30. The van der Waals surface area contributed by atoms with Gasteiger partial charge in [-0.05, 0) is 17.4 Å². The number of thioether (sulfide) groups is 2. The molecule has 128 valence electrons. The predicted molar refractivity (Wildman–Crippen MR) is 108 cm³/mol. The fraction of sp³-hybridized carbons (Fsp3) is 0.167. The second-order valence-corrected chi connectivity index (χ2v) is 8.73. The van der Waals surface area contributed by atoms with Gasteiger partial charge < -0.3 is 5.32 Å². The predicted octanol–water partition coefficient (Wildman–Crippen LogP) is 5.05. The van der Waals surface area contributed by atoms with Crippen LogP contribution in [-0.2, 0) is 4.79 Å². The topological polar surface area (TPSA) is 54.9 Å². The highest BCUT2D eigenvalue weighted by atomic mass is 32.2. The summed E-state index contributed by atoms with van der Waals surface area (Å²) in [6, 6.07) is 17.9. The van der Waals surface area contributed by atoms with Crippen LogP contribution in [0.15, 0.2) is 63.3 Å². The second-order valence-electron chi connectivity index (χ2n) is 5.02. The molecule has 0 atom stereocenters. The van der Waals surface area contributed by atoms with E-state index in [4.69, 9.17) is 0 Å². The van der Waals surface area contributed by atoms with Gasteiger partial charge in [-0.15, -0.1) is 10.2 Å². The molecule has 0 unspecified atom stereocenters. The third-order valence-corrected chi connectivity index (χ3v) is 6.34. The molecule has 2 aromatic carbocycles. The molecule has 1 N–H and O–H groups in total. The van der Waals surface area contributed by atoms with Crippen molar-refractivity contribution in [3.05, 3.63) is 54.6 Å². The number of carbonyl (C=O) groups excluding carboxylic acids is 1. The molecule has 1 amide bonds. The molecule has 0 spiro atoms. The molecule has 4 nitrogen and oxygen atoms in total. The van der Waals surface area contributed by atoms with E-state index in [0.29, 0.717) is 5.75 Å². The molecule has 7 heteroatoms. The van der Waals surface area contributed by atoms with E-state index in [-0.39, 0.29) is 5.91 Å². The smallest absolute Gasteiger partial charge is 0.234 e. The summed E-state index contributed by atoms with van der Waals surface area (Å²) in [5.74, 6) is 1.23. The zero-order valence-corrected chi connectivity index (χ0v) is 16.1. The van der Waals surface area contributed by atoms with Crippen molar-refractivity contribution in [1.82, 2.24) is 10.2 Å². The number of para-hydroxylation sites is 1. The Morgan fingerprint density at radius 2 is 1.68 bits per heavy atom. The van der Waals surface area contributed by atoms with Crippen LogP contribution < -0.4 is 5.32 Å². The summed E-state index contributed by atoms with van der Waals surface area (Å²) in [5, 5.41) is 11.2. The first-order chi connectivity index (χ1) is 12.3. The maximum atomic E-state index is 12.3. The number of hydrogen-bond acceptors (Lipinski definition) is 6. The lowest BCUT2D eigenvalue weighted by Crippen LogP contribution is -2.14. The van der Waals surface area contributed by atoms with Gasteiger partial charge in [0.05, 0.1) is 5.75 Å². The zero-order chi connectivity index (χ0) is 17.5. The SMILES string of the molecule is CCSc1nnc(SCC(=O)Nc2ccccc2-c2ccccc2)s1. The molecule has 1 aromatic heterocycles. The Bertz CT molecular complexity index is 836. The van der Waals surface area contributed by atoms with Crippen LogP contribution in [0.1, 0.15) is 6.92 Å². The highest BCUT2D eigenvalue weighted by molar-refractivity contribution is 8.03. The van der Waals surface area contributed by atoms with Gasteiger partial charge in [-0.2, -0.15) is 0 Å².